The van der Waals surface area contributed by atoms with Gasteiger partial charge in [-0.2, -0.15) is 13.2 Å². The van der Waals surface area contributed by atoms with Gasteiger partial charge < -0.3 is 5.32 Å². The lowest BCUT2D eigenvalue weighted by atomic mass is 9.75. The number of benzene rings is 1. The monoisotopic (exact) mass is 388 g/mol. The molecule has 2 atom stereocenters. The van der Waals surface area contributed by atoms with Gasteiger partial charge in [-0.05, 0) is 42.7 Å². The highest BCUT2D eigenvalue weighted by molar-refractivity contribution is 6.36. The Morgan fingerprint density at radius 1 is 1.12 bits per heavy atom. The quantitative estimate of drug-likeness (QED) is 0.795. The van der Waals surface area contributed by atoms with E-state index in [1.54, 1.807) is 18.2 Å². The molecular weight excluding hydrogens is 376 g/mol. The number of nitrogens with one attached hydrogen (secondary N) is 1. The van der Waals surface area contributed by atoms with Crippen LogP contribution in [0.5, 0.6) is 0 Å². The van der Waals surface area contributed by atoms with E-state index in [1.807, 2.05) is 0 Å². The van der Waals surface area contributed by atoms with E-state index in [9.17, 15) is 18.0 Å². The molecule has 1 aliphatic rings. The summed E-state index contributed by atoms with van der Waals surface area (Å²) in [7, 11) is 0. The van der Waals surface area contributed by atoms with Crippen LogP contribution in [0.2, 0.25) is 10.0 Å². The summed E-state index contributed by atoms with van der Waals surface area (Å²) in [5, 5.41) is 3.61. The van der Waals surface area contributed by atoms with Crippen molar-refractivity contribution in [1.29, 1.82) is 0 Å². The maximum atomic E-state index is 13.0. The van der Waals surface area contributed by atoms with Crippen LogP contribution in [0.1, 0.15) is 40.4 Å². The van der Waals surface area contributed by atoms with Gasteiger partial charge >= 0.3 is 6.18 Å². The Morgan fingerprint density at radius 3 is 2.36 bits per heavy atom. The van der Waals surface area contributed by atoms with Crippen molar-refractivity contribution in [2.75, 3.05) is 0 Å². The van der Waals surface area contributed by atoms with E-state index < -0.39 is 23.3 Å². The Morgan fingerprint density at radius 2 is 1.80 bits per heavy atom. The highest BCUT2D eigenvalue weighted by atomic mass is 35.5. The lowest BCUT2D eigenvalue weighted by Gasteiger charge is -2.38. The van der Waals surface area contributed by atoms with Crippen molar-refractivity contribution in [2.24, 2.45) is 0 Å². The van der Waals surface area contributed by atoms with Crippen LogP contribution in [0.3, 0.4) is 0 Å². The van der Waals surface area contributed by atoms with Crippen LogP contribution in [-0.4, -0.2) is 16.9 Å². The van der Waals surface area contributed by atoms with Crippen LogP contribution < -0.4 is 5.32 Å². The second kappa shape index (κ2) is 6.84. The Hall–Kier alpha value is -1.79. The molecule has 25 heavy (non-hydrogen) atoms. The third-order valence-electron chi connectivity index (χ3n) is 4.28. The zero-order chi connectivity index (χ0) is 18.2. The van der Waals surface area contributed by atoms with Crippen molar-refractivity contribution in [3.63, 3.8) is 0 Å². The number of rotatable bonds is 3. The molecule has 1 saturated carbocycles. The molecule has 1 fully saturated rings. The van der Waals surface area contributed by atoms with Gasteiger partial charge in [0.1, 0.15) is 0 Å². The fourth-order valence-corrected chi connectivity index (χ4v) is 3.62. The molecular formula is C17H13Cl2F3N2O. The highest BCUT2D eigenvalue weighted by Gasteiger charge is 2.39. The summed E-state index contributed by atoms with van der Waals surface area (Å²) in [4.78, 5) is 15.6. The summed E-state index contributed by atoms with van der Waals surface area (Å²) in [5.74, 6) is -0.936. The molecule has 1 aromatic heterocycles. The molecule has 3 nitrogen and oxygen atoms in total. The highest BCUT2D eigenvalue weighted by Crippen LogP contribution is 2.43. The number of alkyl halides is 3. The van der Waals surface area contributed by atoms with Gasteiger partial charge in [0.2, 0.25) is 0 Å². The zero-order valence-electron chi connectivity index (χ0n) is 12.8. The predicted octanol–water partition coefficient (Wildman–Crippen LogP) is 5.08. The molecule has 1 amide bonds. The minimum absolute atomic E-state index is 0.129. The van der Waals surface area contributed by atoms with E-state index in [0.29, 0.717) is 22.0 Å². The Bertz CT molecular complexity index is 790. The van der Waals surface area contributed by atoms with E-state index in [4.69, 9.17) is 23.2 Å². The van der Waals surface area contributed by atoms with Crippen LogP contribution in [-0.2, 0) is 6.18 Å². The minimum Gasteiger partial charge on any atom is -0.349 e. The van der Waals surface area contributed by atoms with Crippen molar-refractivity contribution >= 4 is 29.1 Å². The summed E-state index contributed by atoms with van der Waals surface area (Å²) in [6.07, 6.45) is -2.30. The molecule has 2 unspecified atom stereocenters. The van der Waals surface area contributed by atoms with Crippen LogP contribution in [0, 0.1) is 0 Å². The first-order valence-electron chi connectivity index (χ1n) is 7.56. The first-order valence-corrected chi connectivity index (χ1v) is 8.31. The van der Waals surface area contributed by atoms with Crippen molar-refractivity contribution in [3.05, 3.63) is 63.4 Å². The maximum absolute atomic E-state index is 13.0. The third-order valence-corrected chi connectivity index (χ3v) is 4.94. The molecule has 0 aliphatic heterocycles. The topological polar surface area (TPSA) is 42.0 Å². The van der Waals surface area contributed by atoms with Crippen LogP contribution in [0.15, 0.2) is 36.5 Å². The van der Waals surface area contributed by atoms with Gasteiger partial charge in [-0.1, -0.05) is 29.3 Å². The molecule has 2 aromatic rings. The number of carbonyl (C=O) groups excluding carboxylic acids is 1. The molecule has 8 heteroatoms. The number of halogens is 5. The summed E-state index contributed by atoms with van der Waals surface area (Å²) in [5.41, 5.74) is -0.977. The number of aromatic nitrogens is 1. The summed E-state index contributed by atoms with van der Waals surface area (Å²) < 4.78 is 39.0. The lowest BCUT2D eigenvalue weighted by molar-refractivity contribution is -0.141. The lowest BCUT2D eigenvalue weighted by Crippen LogP contribution is -2.46. The smallest absolute Gasteiger partial charge is 0.349 e. The van der Waals surface area contributed by atoms with Crippen molar-refractivity contribution in [3.8, 4) is 0 Å². The van der Waals surface area contributed by atoms with E-state index >= 15 is 0 Å². The second-order valence-electron chi connectivity index (χ2n) is 5.80. The Balaban J connectivity index is 1.81. The van der Waals surface area contributed by atoms with Gasteiger partial charge in [-0.15, -0.1) is 0 Å². The van der Waals surface area contributed by atoms with Gasteiger partial charge in [0.25, 0.3) is 5.91 Å². The number of carbonyl (C=O) groups is 1. The number of amides is 1. The van der Waals surface area contributed by atoms with Gasteiger partial charge in [0.15, 0.2) is 5.69 Å². The second-order valence-corrected chi connectivity index (χ2v) is 6.61. The summed E-state index contributed by atoms with van der Waals surface area (Å²) in [6, 6.07) is 7.19. The van der Waals surface area contributed by atoms with Crippen LogP contribution in [0.25, 0.3) is 0 Å². The first kappa shape index (κ1) is 18.0. The average Bonchev–Trinajstić information content (AvgIpc) is 2.54. The number of hydrogen-bond acceptors (Lipinski definition) is 2. The van der Waals surface area contributed by atoms with E-state index in [-0.39, 0.29) is 12.0 Å². The van der Waals surface area contributed by atoms with Gasteiger partial charge in [-0.3, -0.25) is 9.78 Å². The molecule has 1 aromatic carbocycles. The first-order chi connectivity index (χ1) is 11.8. The normalized spacial score (nSPS) is 20.0. The number of pyridine rings is 1. The number of nitrogens with zero attached hydrogens (tertiary/aromatic N) is 1. The Kier molecular flexibility index (Phi) is 4.93. The summed E-state index contributed by atoms with van der Waals surface area (Å²) in [6.45, 7) is 0. The maximum Gasteiger partial charge on any atom is 0.434 e. The average molecular weight is 389 g/mol. The van der Waals surface area contributed by atoms with Crippen molar-refractivity contribution in [2.45, 2.75) is 31.0 Å². The van der Waals surface area contributed by atoms with E-state index in [1.165, 1.54) is 6.07 Å². The molecule has 1 aliphatic carbocycles. The zero-order valence-corrected chi connectivity index (χ0v) is 14.3. The minimum atomic E-state index is -4.70. The molecule has 132 valence electrons. The van der Waals surface area contributed by atoms with Crippen LogP contribution >= 0.6 is 23.2 Å². The third kappa shape index (κ3) is 3.60. The largest absolute Gasteiger partial charge is 0.434 e. The molecule has 0 saturated heterocycles. The summed E-state index contributed by atoms with van der Waals surface area (Å²) >= 11 is 12.4. The van der Waals surface area contributed by atoms with Gasteiger partial charge in [-0.25, -0.2) is 0 Å². The van der Waals surface area contributed by atoms with E-state index in [2.05, 4.69) is 10.3 Å². The number of hydrogen-bond donors (Lipinski definition) is 1. The van der Waals surface area contributed by atoms with E-state index in [0.717, 1.165) is 18.7 Å². The SMILES string of the molecule is O=C(NC1CCC1c1c(Cl)cccc1Cl)c1cccnc1C(F)(F)F. The van der Waals surface area contributed by atoms with Crippen molar-refractivity contribution < 1.29 is 18.0 Å². The molecule has 0 radical (unpaired) electrons. The molecule has 0 spiro atoms. The van der Waals surface area contributed by atoms with Crippen LogP contribution in [0.4, 0.5) is 13.2 Å². The molecule has 1 N–H and O–H groups in total. The predicted molar refractivity (Wildman–Crippen MR) is 88.9 cm³/mol. The molecule has 3 rings (SSSR count). The van der Waals surface area contributed by atoms with Gasteiger partial charge in [0, 0.05) is 28.2 Å². The standard InChI is InChI=1S/C17H13Cl2F3N2O/c18-11-4-1-5-12(19)14(11)9-6-7-13(9)24-16(25)10-3-2-8-23-15(10)17(20,21)22/h1-5,8-9,13H,6-7H2,(H,24,25). The van der Waals surface area contributed by atoms with Crippen molar-refractivity contribution in [1.82, 2.24) is 10.3 Å². The van der Waals surface area contributed by atoms with Gasteiger partial charge in [0.05, 0.1) is 5.56 Å². The Labute approximate surface area is 152 Å². The fraction of sp³-hybridized carbons (Fsp3) is 0.294. The molecule has 1 heterocycles. The molecule has 0 bridgehead atoms. The fourth-order valence-electron chi connectivity index (χ4n) is 2.94.